The normalized spacial score (nSPS) is 13.2. The summed E-state index contributed by atoms with van der Waals surface area (Å²) in [6, 6.07) is 0. The molecular formula is C12H27NO2. The van der Waals surface area contributed by atoms with Crippen LogP contribution in [0.1, 0.15) is 41.5 Å². The Morgan fingerprint density at radius 1 is 0.733 bits per heavy atom. The fourth-order valence-electron chi connectivity index (χ4n) is 0.984. The van der Waals surface area contributed by atoms with Gasteiger partial charge in [-0.25, -0.2) is 0 Å². The molecule has 0 rings (SSSR count). The first kappa shape index (κ1) is 14.9. The van der Waals surface area contributed by atoms with Crippen molar-refractivity contribution in [3.63, 3.8) is 0 Å². The number of hydrogen-bond acceptors (Lipinski definition) is 3. The van der Waals surface area contributed by atoms with Crippen LogP contribution in [0, 0.1) is 0 Å². The summed E-state index contributed by atoms with van der Waals surface area (Å²) in [7, 11) is 0. The highest BCUT2D eigenvalue weighted by Crippen LogP contribution is 2.06. The molecule has 0 atom stereocenters. The van der Waals surface area contributed by atoms with Crippen molar-refractivity contribution in [1.29, 1.82) is 0 Å². The van der Waals surface area contributed by atoms with Gasteiger partial charge in [0, 0.05) is 13.1 Å². The molecule has 0 saturated carbocycles. The van der Waals surface area contributed by atoms with E-state index >= 15 is 0 Å². The van der Waals surface area contributed by atoms with Crippen LogP contribution in [-0.4, -0.2) is 37.5 Å². The Labute approximate surface area is 94.5 Å². The lowest BCUT2D eigenvalue weighted by atomic mass is 10.2. The maximum absolute atomic E-state index is 5.57. The van der Waals surface area contributed by atoms with Crippen LogP contribution in [0.4, 0.5) is 0 Å². The second-order valence-electron chi connectivity index (χ2n) is 5.67. The molecule has 3 nitrogen and oxygen atoms in total. The first-order chi connectivity index (χ1) is 6.71. The molecule has 15 heavy (non-hydrogen) atoms. The van der Waals surface area contributed by atoms with Gasteiger partial charge in [0.1, 0.15) is 0 Å². The second kappa shape index (κ2) is 6.46. The third-order valence-electron chi connectivity index (χ3n) is 1.63. The zero-order valence-corrected chi connectivity index (χ0v) is 11.1. The summed E-state index contributed by atoms with van der Waals surface area (Å²) in [5.41, 5.74) is -0.0762. The van der Waals surface area contributed by atoms with Gasteiger partial charge in [0.05, 0.1) is 24.4 Å². The number of rotatable bonds is 6. The topological polar surface area (TPSA) is 30.5 Å². The fourth-order valence-corrected chi connectivity index (χ4v) is 0.984. The Morgan fingerprint density at radius 2 is 1.07 bits per heavy atom. The van der Waals surface area contributed by atoms with Crippen molar-refractivity contribution in [3.8, 4) is 0 Å². The van der Waals surface area contributed by atoms with E-state index in [2.05, 4.69) is 46.9 Å². The lowest BCUT2D eigenvalue weighted by molar-refractivity contribution is -0.00924. The van der Waals surface area contributed by atoms with E-state index in [1.807, 2.05) is 0 Å². The maximum Gasteiger partial charge on any atom is 0.0599 e. The van der Waals surface area contributed by atoms with Gasteiger partial charge in [-0.2, -0.15) is 0 Å². The second-order valence-corrected chi connectivity index (χ2v) is 5.67. The van der Waals surface area contributed by atoms with Crippen molar-refractivity contribution >= 4 is 0 Å². The average molecular weight is 217 g/mol. The van der Waals surface area contributed by atoms with E-state index in [9.17, 15) is 0 Å². The van der Waals surface area contributed by atoms with Crippen molar-refractivity contribution in [2.45, 2.75) is 52.7 Å². The smallest absolute Gasteiger partial charge is 0.0599 e. The lowest BCUT2D eigenvalue weighted by Crippen LogP contribution is -2.30. The Balaban J connectivity index is 3.20. The van der Waals surface area contributed by atoms with Gasteiger partial charge in [0.25, 0.3) is 0 Å². The van der Waals surface area contributed by atoms with Crippen LogP contribution in [0.2, 0.25) is 0 Å². The van der Waals surface area contributed by atoms with Crippen molar-refractivity contribution in [2.75, 3.05) is 26.3 Å². The molecule has 3 heteroatoms. The molecule has 0 heterocycles. The summed E-state index contributed by atoms with van der Waals surface area (Å²) < 4.78 is 11.1. The Kier molecular flexibility index (Phi) is 6.41. The van der Waals surface area contributed by atoms with Gasteiger partial charge in [-0.3, -0.25) is 0 Å². The first-order valence-corrected chi connectivity index (χ1v) is 5.69. The zero-order chi connectivity index (χ0) is 11.9. The first-order valence-electron chi connectivity index (χ1n) is 5.69. The molecular weight excluding hydrogens is 190 g/mol. The molecule has 0 aliphatic heterocycles. The largest absolute Gasteiger partial charge is 0.375 e. The molecule has 0 aromatic carbocycles. The summed E-state index contributed by atoms with van der Waals surface area (Å²) in [4.78, 5) is 0. The zero-order valence-electron chi connectivity index (χ0n) is 11.1. The van der Waals surface area contributed by atoms with E-state index in [0.717, 1.165) is 26.3 Å². The van der Waals surface area contributed by atoms with Crippen molar-refractivity contribution in [1.82, 2.24) is 5.32 Å². The molecule has 92 valence electrons. The van der Waals surface area contributed by atoms with E-state index in [1.165, 1.54) is 0 Å². The van der Waals surface area contributed by atoms with E-state index in [0.29, 0.717) is 0 Å². The van der Waals surface area contributed by atoms with E-state index in [1.54, 1.807) is 0 Å². The SMILES string of the molecule is CC(C)(C)OCCNCCOC(C)(C)C. The highest BCUT2D eigenvalue weighted by Gasteiger charge is 2.10. The molecule has 0 amide bonds. The minimum Gasteiger partial charge on any atom is -0.375 e. The van der Waals surface area contributed by atoms with E-state index in [4.69, 9.17) is 9.47 Å². The number of hydrogen-bond donors (Lipinski definition) is 1. The molecule has 0 aromatic heterocycles. The molecule has 0 unspecified atom stereocenters. The molecule has 0 fully saturated rings. The van der Waals surface area contributed by atoms with Gasteiger partial charge < -0.3 is 14.8 Å². The maximum atomic E-state index is 5.57. The molecule has 0 aromatic rings. The third kappa shape index (κ3) is 13.9. The standard InChI is InChI=1S/C12H27NO2/c1-11(2,3)14-9-7-13-8-10-15-12(4,5)6/h13H,7-10H2,1-6H3. The molecule has 0 spiro atoms. The summed E-state index contributed by atoms with van der Waals surface area (Å²) in [5, 5.41) is 3.28. The van der Waals surface area contributed by atoms with Gasteiger partial charge in [0.2, 0.25) is 0 Å². The van der Waals surface area contributed by atoms with Crippen LogP contribution in [-0.2, 0) is 9.47 Å². The molecule has 0 radical (unpaired) electrons. The van der Waals surface area contributed by atoms with Crippen LogP contribution in [0.15, 0.2) is 0 Å². The van der Waals surface area contributed by atoms with Gasteiger partial charge in [-0.05, 0) is 41.5 Å². The lowest BCUT2D eigenvalue weighted by Gasteiger charge is -2.21. The molecule has 0 bridgehead atoms. The van der Waals surface area contributed by atoms with Crippen LogP contribution in [0.3, 0.4) is 0 Å². The van der Waals surface area contributed by atoms with Crippen molar-refractivity contribution < 1.29 is 9.47 Å². The monoisotopic (exact) mass is 217 g/mol. The van der Waals surface area contributed by atoms with E-state index in [-0.39, 0.29) is 11.2 Å². The number of ether oxygens (including phenoxy) is 2. The van der Waals surface area contributed by atoms with Crippen LogP contribution < -0.4 is 5.32 Å². The average Bonchev–Trinajstić information content (AvgIpc) is 1.98. The van der Waals surface area contributed by atoms with Crippen molar-refractivity contribution in [3.05, 3.63) is 0 Å². The van der Waals surface area contributed by atoms with Crippen molar-refractivity contribution in [2.24, 2.45) is 0 Å². The fraction of sp³-hybridized carbons (Fsp3) is 1.00. The Morgan fingerprint density at radius 3 is 1.33 bits per heavy atom. The minimum absolute atomic E-state index is 0.0381. The number of nitrogens with one attached hydrogen (secondary N) is 1. The van der Waals surface area contributed by atoms with Gasteiger partial charge in [-0.15, -0.1) is 0 Å². The predicted molar refractivity (Wildman–Crippen MR) is 64.3 cm³/mol. The Hall–Kier alpha value is -0.120. The minimum atomic E-state index is -0.0381. The highest BCUT2D eigenvalue weighted by atomic mass is 16.5. The summed E-state index contributed by atoms with van der Waals surface area (Å²) in [6.45, 7) is 15.6. The summed E-state index contributed by atoms with van der Waals surface area (Å²) >= 11 is 0. The van der Waals surface area contributed by atoms with E-state index < -0.39 is 0 Å². The third-order valence-corrected chi connectivity index (χ3v) is 1.63. The van der Waals surface area contributed by atoms with Gasteiger partial charge in [0.15, 0.2) is 0 Å². The molecule has 0 aliphatic carbocycles. The summed E-state index contributed by atoms with van der Waals surface area (Å²) in [6.07, 6.45) is 0. The van der Waals surface area contributed by atoms with Crippen LogP contribution in [0.5, 0.6) is 0 Å². The van der Waals surface area contributed by atoms with Crippen LogP contribution >= 0.6 is 0 Å². The Bertz CT molecular complexity index is 138. The molecule has 1 N–H and O–H groups in total. The predicted octanol–water partition coefficient (Wildman–Crippen LogP) is 2.21. The van der Waals surface area contributed by atoms with Gasteiger partial charge >= 0.3 is 0 Å². The summed E-state index contributed by atoms with van der Waals surface area (Å²) in [5.74, 6) is 0. The highest BCUT2D eigenvalue weighted by molar-refractivity contribution is 4.60. The van der Waals surface area contributed by atoms with Gasteiger partial charge in [-0.1, -0.05) is 0 Å². The molecule has 0 saturated heterocycles. The van der Waals surface area contributed by atoms with Crippen LogP contribution in [0.25, 0.3) is 0 Å². The quantitative estimate of drug-likeness (QED) is 0.692. The molecule has 0 aliphatic rings.